The van der Waals surface area contributed by atoms with Crippen molar-refractivity contribution in [1.29, 1.82) is 5.26 Å². The van der Waals surface area contributed by atoms with E-state index in [-0.39, 0.29) is 49.7 Å². The quantitative estimate of drug-likeness (QED) is 0.0724. The van der Waals surface area contributed by atoms with E-state index >= 15 is 0 Å². The Balaban J connectivity index is 1.04. The highest BCUT2D eigenvalue weighted by molar-refractivity contribution is 7.45. The molecule has 1 amide bonds. The van der Waals surface area contributed by atoms with Crippen LogP contribution in [0.15, 0.2) is 97.3 Å². The molecule has 0 spiro atoms. The summed E-state index contributed by atoms with van der Waals surface area (Å²) >= 11 is 0. The number of carbonyl (C=O) groups excluding carboxylic acids is 1. The molecular weight excluding hydrogens is 774 g/mol. The van der Waals surface area contributed by atoms with Gasteiger partial charge in [0.05, 0.1) is 31.0 Å². The van der Waals surface area contributed by atoms with Gasteiger partial charge in [-0.05, 0) is 37.4 Å². The Morgan fingerprint density at radius 1 is 0.983 bits per heavy atom. The van der Waals surface area contributed by atoms with Crippen molar-refractivity contribution in [2.45, 2.75) is 81.9 Å². The summed E-state index contributed by atoms with van der Waals surface area (Å²) in [6.07, 6.45) is 2.55. The number of nitriles is 1. The number of anilines is 1. The molecule has 5 heterocycles. The lowest BCUT2D eigenvalue weighted by Crippen LogP contribution is -2.58. The minimum absolute atomic E-state index is 0.00911. The van der Waals surface area contributed by atoms with E-state index < -0.39 is 40.9 Å². The molecule has 3 fully saturated rings. The Bertz CT molecular complexity index is 2160. The number of carbonyl (C=O) groups is 1. The van der Waals surface area contributed by atoms with Gasteiger partial charge in [0.2, 0.25) is 11.8 Å². The van der Waals surface area contributed by atoms with Crippen molar-refractivity contribution < 1.29 is 32.8 Å². The molecule has 1 unspecified atom stereocenters. The van der Waals surface area contributed by atoms with Gasteiger partial charge < -0.3 is 28.0 Å². The van der Waals surface area contributed by atoms with Gasteiger partial charge in [0.15, 0.2) is 24.0 Å². The van der Waals surface area contributed by atoms with Crippen LogP contribution < -0.4 is 25.2 Å². The van der Waals surface area contributed by atoms with E-state index in [1.54, 1.807) is 30.1 Å². The third kappa shape index (κ3) is 8.24. The Kier molecular flexibility index (Phi) is 12.4. The molecule has 1 N–H and O–H groups in total. The number of fused-ring (bicyclic) bond motifs is 2. The SMILES string of the molecule is CC[C@H]1O[C@@H](n2cnc3c(OCCC#N)nc(NC(=O)COc4ccccc4)nc32)[C@@H](OC)C1O[P@]1O[C@@H](C[Si](C)(c2ccccc2)c2ccccc2)[C@H]2CCCN21. The van der Waals surface area contributed by atoms with Gasteiger partial charge in [-0.25, -0.2) is 9.65 Å². The Morgan fingerprint density at radius 2 is 1.69 bits per heavy atom. The molecule has 0 aliphatic carbocycles. The molecule has 16 heteroatoms. The van der Waals surface area contributed by atoms with E-state index in [4.69, 9.17) is 38.2 Å². The minimum atomic E-state index is -2.19. The lowest BCUT2D eigenvalue weighted by molar-refractivity contribution is -0.118. The number of benzene rings is 3. The Labute approximate surface area is 340 Å². The van der Waals surface area contributed by atoms with Gasteiger partial charge in [0, 0.05) is 19.7 Å². The number of ether oxygens (including phenoxy) is 4. The van der Waals surface area contributed by atoms with Gasteiger partial charge in [-0.2, -0.15) is 15.2 Å². The van der Waals surface area contributed by atoms with Crippen LogP contribution in [0.1, 0.15) is 38.8 Å². The third-order valence-corrected chi connectivity index (χ3v) is 17.4. The zero-order valence-corrected chi connectivity index (χ0v) is 34.7. The number of hydrogen-bond acceptors (Lipinski definition) is 12. The first kappa shape index (κ1) is 40.0. The summed E-state index contributed by atoms with van der Waals surface area (Å²) in [5.41, 5.74) is 0.708. The van der Waals surface area contributed by atoms with Crippen LogP contribution >= 0.6 is 8.53 Å². The highest BCUT2D eigenvalue weighted by atomic mass is 31.2. The molecule has 0 radical (unpaired) electrons. The number of aromatic nitrogens is 4. The Hall–Kier alpha value is -4.78. The molecule has 0 bridgehead atoms. The molecule has 3 aromatic carbocycles. The van der Waals surface area contributed by atoms with Gasteiger partial charge in [-0.15, -0.1) is 0 Å². The van der Waals surface area contributed by atoms with Crippen molar-refractivity contribution in [3.05, 3.63) is 97.3 Å². The number of hydrogen-bond donors (Lipinski definition) is 1. The van der Waals surface area contributed by atoms with Gasteiger partial charge in [-0.1, -0.05) is 103 Å². The molecular formula is C42H48N7O7PSi. The maximum absolute atomic E-state index is 13.0. The highest BCUT2D eigenvalue weighted by Gasteiger charge is 2.54. The number of imidazole rings is 1. The van der Waals surface area contributed by atoms with Crippen LogP contribution in [0.25, 0.3) is 11.2 Å². The van der Waals surface area contributed by atoms with E-state index in [0.29, 0.717) is 23.3 Å². The van der Waals surface area contributed by atoms with E-state index in [0.717, 1.165) is 25.4 Å². The van der Waals surface area contributed by atoms with Crippen LogP contribution in [0.5, 0.6) is 11.6 Å². The number of methoxy groups -OCH3 is 1. The predicted molar refractivity (Wildman–Crippen MR) is 222 cm³/mol. The van der Waals surface area contributed by atoms with E-state index in [1.165, 1.54) is 10.4 Å². The summed E-state index contributed by atoms with van der Waals surface area (Å²) < 4.78 is 42.8. The van der Waals surface area contributed by atoms with Crippen molar-refractivity contribution in [2.24, 2.45) is 0 Å². The molecule has 8 rings (SSSR count). The standard InChI is InChI=1S/C42H48N7O7PSi/c1-4-33-37(56-57-49-24-14-22-32(49)34(55-57)27-58(3,30-18-10-6-11-19-30)31-20-12-7-13-21-31)38(51-2)41(54-33)48-28-44-36-39(48)46-42(47-40(36)52-25-15-23-43)45-35(50)26-53-29-16-8-5-9-17-29/h5-13,16-21,28,32-34,37-38,41H,4,14-15,22,24-27H2,1-3H3,(H,45,46,47,50)/t32-,33-,34+,37?,38+,41-,57+/m1/s1. The average Bonchev–Trinajstić information content (AvgIpc) is 4.05. The minimum Gasteiger partial charge on any atom is -0.484 e. The number of amides is 1. The normalized spacial score (nSPS) is 24.4. The van der Waals surface area contributed by atoms with Crippen molar-refractivity contribution in [2.75, 3.05) is 32.2 Å². The third-order valence-electron chi connectivity index (χ3n) is 11.2. The fourth-order valence-corrected chi connectivity index (χ4v) is 14.3. The molecule has 2 aromatic heterocycles. The monoisotopic (exact) mass is 821 g/mol. The van der Waals surface area contributed by atoms with Crippen LogP contribution in [-0.2, 0) is 23.3 Å². The second-order valence-electron chi connectivity index (χ2n) is 14.8. The number of nitrogens with zero attached hydrogens (tertiary/aromatic N) is 6. The fourth-order valence-electron chi connectivity index (χ4n) is 8.28. The van der Waals surface area contributed by atoms with E-state index in [9.17, 15) is 4.79 Å². The Morgan fingerprint density at radius 3 is 2.36 bits per heavy atom. The average molecular weight is 822 g/mol. The first-order chi connectivity index (χ1) is 28.4. The lowest BCUT2D eigenvalue weighted by atomic mass is 10.1. The zero-order valence-electron chi connectivity index (χ0n) is 32.8. The first-order valence-electron chi connectivity index (χ1n) is 19.8. The molecule has 3 aliphatic rings. The molecule has 5 aromatic rings. The summed E-state index contributed by atoms with van der Waals surface area (Å²) in [6, 6.07) is 34.1. The summed E-state index contributed by atoms with van der Waals surface area (Å²) in [7, 11) is -1.95. The molecule has 302 valence electrons. The van der Waals surface area contributed by atoms with E-state index in [1.807, 2.05) is 18.2 Å². The second kappa shape index (κ2) is 18.0. The molecule has 14 nitrogen and oxygen atoms in total. The van der Waals surface area contributed by atoms with Crippen LogP contribution in [0.4, 0.5) is 5.95 Å². The van der Waals surface area contributed by atoms with Crippen LogP contribution in [0.2, 0.25) is 12.6 Å². The molecule has 7 atom stereocenters. The van der Waals surface area contributed by atoms with Gasteiger partial charge in [0.25, 0.3) is 14.4 Å². The zero-order chi connectivity index (χ0) is 40.1. The fraction of sp³-hybridized carbons (Fsp3) is 0.405. The summed E-state index contributed by atoms with van der Waals surface area (Å²) in [5, 5.41) is 14.7. The summed E-state index contributed by atoms with van der Waals surface area (Å²) in [6.45, 7) is 5.26. The van der Waals surface area contributed by atoms with E-state index in [2.05, 4.69) is 100 Å². The van der Waals surface area contributed by atoms with Crippen molar-refractivity contribution in [3.63, 3.8) is 0 Å². The second-order valence-corrected chi connectivity index (χ2v) is 20.5. The first-order valence-corrected chi connectivity index (χ1v) is 23.7. The van der Waals surface area contributed by atoms with Gasteiger partial charge >= 0.3 is 0 Å². The van der Waals surface area contributed by atoms with Crippen LogP contribution in [-0.4, -0.2) is 95.5 Å². The number of para-hydroxylation sites is 1. The van der Waals surface area contributed by atoms with Crippen molar-refractivity contribution >= 4 is 50.0 Å². The van der Waals surface area contributed by atoms with Gasteiger partial charge in [0.1, 0.15) is 32.6 Å². The molecule has 58 heavy (non-hydrogen) atoms. The molecule has 3 saturated heterocycles. The predicted octanol–water partition coefficient (Wildman–Crippen LogP) is 5.83. The van der Waals surface area contributed by atoms with Crippen molar-refractivity contribution in [3.8, 4) is 17.7 Å². The lowest BCUT2D eigenvalue weighted by Gasteiger charge is -2.32. The number of nitrogens with one attached hydrogen (secondary N) is 1. The maximum atomic E-state index is 13.0. The largest absolute Gasteiger partial charge is 0.484 e. The molecule has 0 saturated carbocycles. The maximum Gasteiger partial charge on any atom is 0.264 e. The highest BCUT2D eigenvalue weighted by Crippen LogP contribution is 2.59. The smallest absolute Gasteiger partial charge is 0.264 e. The summed E-state index contributed by atoms with van der Waals surface area (Å²) in [5.74, 6) is 0.209. The van der Waals surface area contributed by atoms with Gasteiger partial charge in [-0.3, -0.25) is 14.7 Å². The van der Waals surface area contributed by atoms with Crippen LogP contribution in [0, 0.1) is 11.3 Å². The molecule has 3 aliphatic heterocycles. The van der Waals surface area contributed by atoms with Crippen LogP contribution in [0.3, 0.4) is 0 Å². The van der Waals surface area contributed by atoms with Crippen molar-refractivity contribution in [1.82, 2.24) is 24.2 Å². The summed E-state index contributed by atoms with van der Waals surface area (Å²) in [4.78, 5) is 26.8. The topological polar surface area (TPSA) is 155 Å². The number of rotatable bonds is 16.